The molecule has 0 amide bonds. The van der Waals surface area contributed by atoms with Gasteiger partial charge in [0.15, 0.2) is 5.78 Å². The van der Waals surface area contributed by atoms with Gasteiger partial charge < -0.3 is 9.47 Å². The third-order valence-corrected chi connectivity index (χ3v) is 1.53. The molecule has 1 heterocycles. The molecule has 4 heteroatoms. The van der Waals surface area contributed by atoms with Crippen LogP contribution in [0.2, 0.25) is 0 Å². The highest BCUT2D eigenvalue weighted by Gasteiger charge is 2.18. The quantitative estimate of drug-likeness (QED) is 0.592. The van der Waals surface area contributed by atoms with Gasteiger partial charge in [0.05, 0.1) is 5.92 Å². The van der Waals surface area contributed by atoms with Crippen molar-refractivity contribution in [3.8, 4) is 0 Å². The fraction of sp³-hybridized carbons (Fsp3) is 0.556. The van der Waals surface area contributed by atoms with E-state index in [4.69, 9.17) is 9.47 Å². The van der Waals surface area contributed by atoms with Gasteiger partial charge in [-0.3, -0.25) is 9.59 Å². The zero-order valence-electron chi connectivity index (χ0n) is 7.65. The summed E-state index contributed by atoms with van der Waals surface area (Å²) in [6, 6.07) is 0. The number of esters is 1. The number of ketones is 1. The number of ether oxygens (including phenoxy) is 2. The van der Waals surface area contributed by atoms with E-state index < -0.39 is 6.29 Å². The first-order valence-corrected chi connectivity index (χ1v) is 4.12. The van der Waals surface area contributed by atoms with Crippen LogP contribution < -0.4 is 0 Å². The van der Waals surface area contributed by atoms with Crippen molar-refractivity contribution in [1.29, 1.82) is 0 Å². The fourth-order valence-corrected chi connectivity index (χ4v) is 0.778. The predicted octanol–water partition coefficient (Wildman–Crippen LogP) is 0.667. The molecule has 1 aliphatic heterocycles. The first-order valence-electron chi connectivity index (χ1n) is 4.12. The van der Waals surface area contributed by atoms with Crippen LogP contribution in [0, 0.1) is 5.92 Å². The maximum atomic E-state index is 11.1. The van der Waals surface area contributed by atoms with E-state index in [-0.39, 0.29) is 24.3 Å². The van der Waals surface area contributed by atoms with Crippen LogP contribution in [0.1, 0.15) is 13.8 Å². The lowest BCUT2D eigenvalue weighted by molar-refractivity contribution is -0.175. The van der Waals surface area contributed by atoms with Gasteiger partial charge >= 0.3 is 5.97 Å². The maximum absolute atomic E-state index is 11.1. The highest BCUT2D eigenvalue weighted by molar-refractivity contribution is 5.91. The third kappa shape index (κ3) is 2.99. The molecule has 0 radical (unpaired) electrons. The van der Waals surface area contributed by atoms with E-state index in [0.717, 1.165) is 0 Å². The number of rotatable bonds is 2. The van der Waals surface area contributed by atoms with Crippen LogP contribution in [0.5, 0.6) is 0 Å². The number of carbonyl (C=O) groups is 2. The Morgan fingerprint density at radius 2 is 2.38 bits per heavy atom. The second-order valence-electron chi connectivity index (χ2n) is 3.10. The largest absolute Gasteiger partial charge is 0.432 e. The molecule has 4 nitrogen and oxygen atoms in total. The first kappa shape index (κ1) is 9.92. The lowest BCUT2D eigenvalue weighted by Gasteiger charge is -2.18. The Hall–Kier alpha value is -1.16. The second kappa shape index (κ2) is 4.18. The molecule has 0 aliphatic carbocycles. The van der Waals surface area contributed by atoms with Gasteiger partial charge in [-0.1, -0.05) is 13.8 Å². The summed E-state index contributed by atoms with van der Waals surface area (Å²) in [7, 11) is 0. The average Bonchev–Trinajstić information content (AvgIpc) is 2.08. The van der Waals surface area contributed by atoms with Crippen LogP contribution >= 0.6 is 0 Å². The summed E-state index contributed by atoms with van der Waals surface area (Å²) in [5.41, 5.74) is 0. The number of carbonyl (C=O) groups excluding carboxylic acids is 2. The minimum Gasteiger partial charge on any atom is -0.432 e. The standard InChI is InChI=1S/C9H12O4/c1-6(2)9(11)13-8-4-3-7(10)5-12-8/h3-4,6,8H,5H2,1-2H3/t8-/m1/s1. The Kier molecular flexibility index (Phi) is 3.19. The summed E-state index contributed by atoms with van der Waals surface area (Å²) in [4.78, 5) is 21.7. The molecule has 13 heavy (non-hydrogen) atoms. The minimum atomic E-state index is -0.701. The Bertz CT molecular complexity index is 242. The monoisotopic (exact) mass is 184 g/mol. The van der Waals surface area contributed by atoms with Crippen molar-refractivity contribution in [2.45, 2.75) is 20.1 Å². The lowest BCUT2D eigenvalue weighted by Crippen LogP contribution is -2.27. The normalized spacial score (nSPS) is 22.1. The predicted molar refractivity (Wildman–Crippen MR) is 44.8 cm³/mol. The Morgan fingerprint density at radius 1 is 1.69 bits per heavy atom. The van der Waals surface area contributed by atoms with Gasteiger partial charge in [-0.2, -0.15) is 0 Å². The Balaban J connectivity index is 2.43. The fourth-order valence-electron chi connectivity index (χ4n) is 0.778. The van der Waals surface area contributed by atoms with Crippen LogP contribution in [0.3, 0.4) is 0 Å². The van der Waals surface area contributed by atoms with Crippen LogP contribution in [0.15, 0.2) is 12.2 Å². The van der Waals surface area contributed by atoms with Crippen LogP contribution in [0.25, 0.3) is 0 Å². The molecule has 0 aromatic rings. The first-order chi connectivity index (χ1) is 6.09. The lowest BCUT2D eigenvalue weighted by atomic mass is 10.2. The molecular weight excluding hydrogens is 172 g/mol. The molecule has 1 atom stereocenters. The van der Waals surface area contributed by atoms with Crippen LogP contribution in [-0.4, -0.2) is 24.6 Å². The van der Waals surface area contributed by atoms with Crippen LogP contribution in [0.4, 0.5) is 0 Å². The summed E-state index contributed by atoms with van der Waals surface area (Å²) >= 11 is 0. The summed E-state index contributed by atoms with van der Waals surface area (Å²) in [5, 5.41) is 0. The van der Waals surface area contributed by atoms with E-state index in [1.165, 1.54) is 12.2 Å². The molecule has 0 unspecified atom stereocenters. The highest BCUT2D eigenvalue weighted by Crippen LogP contribution is 2.07. The van der Waals surface area contributed by atoms with Crippen molar-refractivity contribution in [3.63, 3.8) is 0 Å². The van der Waals surface area contributed by atoms with Gasteiger partial charge in [0.25, 0.3) is 0 Å². The molecule has 0 fully saturated rings. The number of hydrogen-bond donors (Lipinski definition) is 0. The van der Waals surface area contributed by atoms with Crippen molar-refractivity contribution in [3.05, 3.63) is 12.2 Å². The van der Waals surface area contributed by atoms with E-state index in [1.807, 2.05) is 0 Å². The topological polar surface area (TPSA) is 52.6 Å². The van der Waals surface area contributed by atoms with E-state index in [2.05, 4.69) is 0 Å². The summed E-state index contributed by atoms with van der Waals surface area (Å²) in [5.74, 6) is -0.629. The molecule has 0 aromatic heterocycles. The molecule has 72 valence electrons. The molecular formula is C9H12O4. The Morgan fingerprint density at radius 3 is 2.85 bits per heavy atom. The van der Waals surface area contributed by atoms with Crippen molar-refractivity contribution in [1.82, 2.24) is 0 Å². The van der Waals surface area contributed by atoms with E-state index in [9.17, 15) is 9.59 Å². The average molecular weight is 184 g/mol. The van der Waals surface area contributed by atoms with Gasteiger partial charge in [-0.05, 0) is 12.2 Å². The van der Waals surface area contributed by atoms with Gasteiger partial charge in [-0.15, -0.1) is 0 Å². The van der Waals surface area contributed by atoms with E-state index >= 15 is 0 Å². The van der Waals surface area contributed by atoms with Crippen molar-refractivity contribution >= 4 is 11.8 Å². The van der Waals surface area contributed by atoms with Gasteiger partial charge in [0.2, 0.25) is 6.29 Å². The van der Waals surface area contributed by atoms with Gasteiger partial charge in [0.1, 0.15) is 6.61 Å². The molecule has 0 bridgehead atoms. The second-order valence-corrected chi connectivity index (χ2v) is 3.10. The highest BCUT2D eigenvalue weighted by atomic mass is 16.7. The molecule has 0 saturated carbocycles. The molecule has 0 spiro atoms. The zero-order chi connectivity index (χ0) is 9.84. The summed E-state index contributed by atoms with van der Waals surface area (Å²) in [6.45, 7) is 3.45. The molecule has 0 N–H and O–H groups in total. The van der Waals surface area contributed by atoms with Gasteiger partial charge in [-0.25, -0.2) is 0 Å². The number of hydrogen-bond acceptors (Lipinski definition) is 4. The summed E-state index contributed by atoms with van der Waals surface area (Å²) < 4.78 is 9.83. The molecule has 0 saturated heterocycles. The zero-order valence-corrected chi connectivity index (χ0v) is 7.65. The summed E-state index contributed by atoms with van der Waals surface area (Å²) in [6.07, 6.45) is 2.10. The van der Waals surface area contributed by atoms with Crippen molar-refractivity contribution < 1.29 is 19.1 Å². The van der Waals surface area contributed by atoms with E-state index in [0.29, 0.717) is 0 Å². The molecule has 1 rings (SSSR count). The van der Waals surface area contributed by atoms with Crippen molar-refractivity contribution in [2.75, 3.05) is 6.61 Å². The maximum Gasteiger partial charge on any atom is 0.310 e. The third-order valence-electron chi connectivity index (χ3n) is 1.53. The van der Waals surface area contributed by atoms with Gasteiger partial charge in [0, 0.05) is 0 Å². The van der Waals surface area contributed by atoms with E-state index in [1.54, 1.807) is 13.8 Å². The minimum absolute atomic E-state index is 0.0213. The van der Waals surface area contributed by atoms with Crippen LogP contribution in [-0.2, 0) is 19.1 Å². The molecule has 0 aromatic carbocycles. The molecule has 1 aliphatic rings. The Labute approximate surface area is 76.5 Å². The SMILES string of the molecule is CC(C)C(=O)O[C@@H]1C=CC(=O)CO1. The van der Waals surface area contributed by atoms with Crippen molar-refractivity contribution in [2.24, 2.45) is 5.92 Å². The smallest absolute Gasteiger partial charge is 0.310 e.